The molecule has 0 aromatic heterocycles. The highest BCUT2D eigenvalue weighted by molar-refractivity contribution is 5.67. The molecule has 4 nitrogen and oxygen atoms in total. The number of piperazine rings is 1. The van der Waals surface area contributed by atoms with Crippen molar-refractivity contribution in [2.75, 3.05) is 13.1 Å². The van der Waals surface area contributed by atoms with Crippen LogP contribution in [0.5, 0.6) is 0 Å². The van der Waals surface area contributed by atoms with Gasteiger partial charge in [0.1, 0.15) is 0 Å². The largest absolute Gasteiger partial charge is 0.465 e. The molecule has 4 heteroatoms. The molecule has 2 N–H and O–H groups in total. The van der Waals surface area contributed by atoms with Crippen LogP contribution in [0.2, 0.25) is 0 Å². The van der Waals surface area contributed by atoms with Gasteiger partial charge in [-0.25, -0.2) is 4.79 Å². The van der Waals surface area contributed by atoms with Crippen molar-refractivity contribution in [2.24, 2.45) is 0 Å². The highest BCUT2D eigenvalue weighted by atomic mass is 16.4. The van der Waals surface area contributed by atoms with Gasteiger partial charge >= 0.3 is 6.09 Å². The number of hydrogen-bond donors (Lipinski definition) is 2. The number of carboxylic acid groups (broad SMARTS) is 1. The summed E-state index contributed by atoms with van der Waals surface area (Å²) in [5.41, 5.74) is -0.0769. The van der Waals surface area contributed by atoms with Gasteiger partial charge in [0.2, 0.25) is 0 Å². The Morgan fingerprint density at radius 1 is 1.71 bits per heavy atom. The molecule has 2 saturated heterocycles. The van der Waals surface area contributed by atoms with Crippen molar-refractivity contribution in [1.29, 1.82) is 0 Å². The van der Waals surface area contributed by atoms with Crippen LogP contribution < -0.4 is 5.32 Å². The number of rotatable bonds is 3. The molecule has 0 radical (unpaired) electrons. The minimum Gasteiger partial charge on any atom is -0.465 e. The van der Waals surface area contributed by atoms with E-state index in [1.54, 1.807) is 4.90 Å². The smallest absolute Gasteiger partial charge is 0.407 e. The van der Waals surface area contributed by atoms with E-state index < -0.39 is 6.09 Å². The minimum absolute atomic E-state index is 0.0769. The number of unbranched alkanes of at least 4 members (excludes halogenated alkanes) is 1. The van der Waals surface area contributed by atoms with Crippen molar-refractivity contribution < 1.29 is 9.90 Å². The van der Waals surface area contributed by atoms with E-state index in [9.17, 15) is 4.79 Å². The molecule has 0 unspecified atom stereocenters. The van der Waals surface area contributed by atoms with E-state index in [4.69, 9.17) is 5.11 Å². The van der Waals surface area contributed by atoms with Crippen molar-refractivity contribution in [3.8, 4) is 0 Å². The molecule has 2 bridgehead atoms. The number of fused-ring (bicyclic) bond motifs is 2. The van der Waals surface area contributed by atoms with Crippen LogP contribution in [0.1, 0.15) is 32.6 Å². The molecule has 0 aromatic rings. The second kappa shape index (κ2) is 3.42. The van der Waals surface area contributed by atoms with Crippen molar-refractivity contribution in [3.05, 3.63) is 0 Å². The van der Waals surface area contributed by atoms with Crippen LogP contribution in [0, 0.1) is 0 Å². The summed E-state index contributed by atoms with van der Waals surface area (Å²) in [4.78, 5) is 12.7. The maximum absolute atomic E-state index is 11.1. The number of carbonyl (C=O) groups is 1. The average Bonchev–Trinajstić information content (AvgIpc) is 2.71. The molecular formula is C10H18N2O2. The Hall–Kier alpha value is -0.770. The SMILES string of the molecule is CCCC[C@@]12CN[C@@H](CN1C(=O)O)C2. The Bertz CT molecular complexity index is 244. The van der Waals surface area contributed by atoms with Gasteiger partial charge in [-0.15, -0.1) is 0 Å². The first-order chi connectivity index (χ1) is 6.68. The van der Waals surface area contributed by atoms with Crippen LogP contribution in [0.3, 0.4) is 0 Å². The highest BCUT2D eigenvalue weighted by Crippen LogP contribution is 2.38. The van der Waals surface area contributed by atoms with E-state index >= 15 is 0 Å². The normalized spacial score (nSPS) is 35.2. The van der Waals surface area contributed by atoms with Crippen LogP contribution in [-0.4, -0.2) is 40.8 Å². The first kappa shape index (κ1) is 9.77. The number of amides is 1. The summed E-state index contributed by atoms with van der Waals surface area (Å²) >= 11 is 0. The summed E-state index contributed by atoms with van der Waals surface area (Å²) < 4.78 is 0. The Balaban J connectivity index is 2.09. The third-order valence-corrected chi connectivity index (χ3v) is 3.55. The van der Waals surface area contributed by atoms with Gasteiger partial charge in [-0.1, -0.05) is 19.8 Å². The Kier molecular flexibility index (Phi) is 2.39. The van der Waals surface area contributed by atoms with Crippen LogP contribution >= 0.6 is 0 Å². The van der Waals surface area contributed by atoms with E-state index in [-0.39, 0.29) is 5.54 Å². The van der Waals surface area contributed by atoms with Crippen LogP contribution in [0.15, 0.2) is 0 Å². The Morgan fingerprint density at radius 3 is 3.07 bits per heavy atom. The van der Waals surface area contributed by atoms with Gasteiger partial charge in [-0.2, -0.15) is 0 Å². The summed E-state index contributed by atoms with van der Waals surface area (Å²) in [5.74, 6) is 0. The number of likely N-dealkylation sites (tertiary alicyclic amines) is 1. The molecule has 2 heterocycles. The summed E-state index contributed by atoms with van der Waals surface area (Å²) in [6, 6.07) is 0.406. The summed E-state index contributed by atoms with van der Waals surface area (Å²) in [7, 11) is 0. The fourth-order valence-corrected chi connectivity index (χ4v) is 2.80. The van der Waals surface area contributed by atoms with Gasteiger partial charge in [0, 0.05) is 19.1 Å². The van der Waals surface area contributed by atoms with Gasteiger partial charge in [-0.3, -0.25) is 4.90 Å². The highest BCUT2D eigenvalue weighted by Gasteiger charge is 2.52. The molecule has 80 valence electrons. The number of nitrogens with one attached hydrogen (secondary N) is 1. The Morgan fingerprint density at radius 2 is 2.50 bits per heavy atom. The zero-order valence-corrected chi connectivity index (χ0v) is 8.62. The molecule has 2 fully saturated rings. The first-order valence-electron chi connectivity index (χ1n) is 5.42. The van der Waals surface area contributed by atoms with Gasteiger partial charge < -0.3 is 10.4 Å². The maximum atomic E-state index is 11.1. The third kappa shape index (κ3) is 1.38. The molecule has 2 rings (SSSR count). The molecule has 0 spiro atoms. The summed E-state index contributed by atoms with van der Waals surface area (Å²) in [5, 5.41) is 12.5. The molecule has 2 aliphatic rings. The summed E-state index contributed by atoms with van der Waals surface area (Å²) in [6.07, 6.45) is 3.54. The standard InChI is InChI=1S/C10H18N2O2/c1-2-3-4-10-5-8(11-7-10)6-12(10)9(13)14/h8,11H,2-7H2,1H3,(H,13,14)/t8-,10-/m1/s1. The molecule has 0 aromatic carbocycles. The molecule has 2 atom stereocenters. The lowest BCUT2D eigenvalue weighted by Crippen LogP contribution is -2.54. The maximum Gasteiger partial charge on any atom is 0.407 e. The zero-order valence-electron chi connectivity index (χ0n) is 8.62. The lowest BCUT2D eigenvalue weighted by Gasteiger charge is -2.36. The van der Waals surface area contributed by atoms with Gasteiger partial charge in [0.25, 0.3) is 0 Å². The third-order valence-electron chi connectivity index (χ3n) is 3.55. The number of hydrogen-bond acceptors (Lipinski definition) is 2. The molecule has 0 aliphatic carbocycles. The minimum atomic E-state index is -0.745. The Labute approximate surface area is 84.3 Å². The van der Waals surface area contributed by atoms with Crippen molar-refractivity contribution in [1.82, 2.24) is 10.2 Å². The molecule has 1 amide bonds. The van der Waals surface area contributed by atoms with Gasteiger partial charge in [-0.05, 0) is 12.8 Å². The topological polar surface area (TPSA) is 52.6 Å². The fraction of sp³-hybridized carbons (Fsp3) is 0.900. The van der Waals surface area contributed by atoms with Crippen LogP contribution in [0.25, 0.3) is 0 Å². The van der Waals surface area contributed by atoms with E-state index in [0.29, 0.717) is 12.6 Å². The first-order valence-corrected chi connectivity index (χ1v) is 5.42. The quantitative estimate of drug-likeness (QED) is 0.718. The predicted molar refractivity (Wildman–Crippen MR) is 53.4 cm³/mol. The lowest BCUT2D eigenvalue weighted by molar-refractivity contribution is 0.0908. The second-order valence-corrected chi connectivity index (χ2v) is 4.50. The molecular weight excluding hydrogens is 180 g/mol. The molecule has 0 saturated carbocycles. The van der Waals surface area contributed by atoms with Gasteiger partial charge in [0.05, 0.1) is 5.54 Å². The van der Waals surface area contributed by atoms with Crippen molar-refractivity contribution >= 4 is 6.09 Å². The molecule has 2 aliphatic heterocycles. The average molecular weight is 198 g/mol. The second-order valence-electron chi connectivity index (χ2n) is 4.50. The van der Waals surface area contributed by atoms with Crippen molar-refractivity contribution in [3.63, 3.8) is 0 Å². The van der Waals surface area contributed by atoms with Crippen LogP contribution in [0.4, 0.5) is 4.79 Å². The lowest BCUT2D eigenvalue weighted by atomic mass is 9.92. The van der Waals surface area contributed by atoms with E-state index in [1.807, 2.05) is 0 Å². The van der Waals surface area contributed by atoms with Crippen LogP contribution in [-0.2, 0) is 0 Å². The predicted octanol–water partition coefficient (Wildman–Crippen LogP) is 1.27. The fourth-order valence-electron chi connectivity index (χ4n) is 2.80. The zero-order chi connectivity index (χ0) is 10.2. The van der Waals surface area contributed by atoms with E-state index in [1.165, 1.54) is 0 Å². The van der Waals surface area contributed by atoms with Gasteiger partial charge in [0.15, 0.2) is 0 Å². The van der Waals surface area contributed by atoms with Crippen molar-refractivity contribution in [2.45, 2.75) is 44.2 Å². The monoisotopic (exact) mass is 198 g/mol. The van der Waals surface area contributed by atoms with E-state index in [2.05, 4.69) is 12.2 Å². The number of nitrogens with zero attached hydrogens (tertiary/aromatic N) is 1. The molecule has 14 heavy (non-hydrogen) atoms. The summed E-state index contributed by atoms with van der Waals surface area (Å²) in [6.45, 7) is 3.68. The van der Waals surface area contributed by atoms with E-state index in [0.717, 1.165) is 32.2 Å².